The normalized spacial score (nSPS) is 11.1. The molecular formula is C21H22N6O. The molecule has 2 heterocycles. The lowest BCUT2D eigenvalue weighted by molar-refractivity contribution is 0.0790. The van der Waals surface area contributed by atoms with Gasteiger partial charge in [0.05, 0.1) is 6.54 Å². The monoisotopic (exact) mass is 374 g/mol. The van der Waals surface area contributed by atoms with Crippen molar-refractivity contribution in [2.24, 2.45) is 0 Å². The highest BCUT2D eigenvalue weighted by Gasteiger charge is 2.13. The number of nitrogens with zero attached hydrogens (tertiary/aromatic N) is 6. The van der Waals surface area contributed by atoms with Gasteiger partial charge >= 0.3 is 0 Å². The zero-order chi connectivity index (χ0) is 19.5. The molecule has 0 N–H and O–H groups in total. The number of fused-ring (bicyclic) bond motifs is 1. The van der Waals surface area contributed by atoms with Gasteiger partial charge in [-0.05, 0) is 52.6 Å². The van der Waals surface area contributed by atoms with E-state index in [9.17, 15) is 4.79 Å². The second kappa shape index (κ2) is 7.64. The van der Waals surface area contributed by atoms with Gasteiger partial charge in [0, 0.05) is 36.9 Å². The number of carbonyl (C=O) groups excluding carboxylic acids is 1. The van der Waals surface area contributed by atoms with Crippen molar-refractivity contribution in [2.75, 3.05) is 13.6 Å². The minimum atomic E-state index is 0.0167. The van der Waals surface area contributed by atoms with E-state index in [2.05, 4.69) is 45.2 Å². The Morgan fingerprint density at radius 2 is 1.89 bits per heavy atom. The molecule has 7 nitrogen and oxygen atoms in total. The van der Waals surface area contributed by atoms with Crippen molar-refractivity contribution in [3.05, 3.63) is 77.7 Å². The molecule has 0 bridgehead atoms. The van der Waals surface area contributed by atoms with Gasteiger partial charge in [0.2, 0.25) is 0 Å². The maximum atomic E-state index is 12.8. The van der Waals surface area contributed by atoms with E-state index in [1.165, 1.54) is 16.6 Å². The van der Waals surface area contributed by atoms with Gasteiger partial charge in [0.25, 0.3) is 5.91 Å². The lowest BCUT2D eigenvalue weighted by atomic mass is 10.1. The average molecular weight is 374 g/mol. The zero-order valence-corrected chi connectivity index (χ0v) is 16.0. The van der Waals surface area contributed by atoms with Gasteiger partial charge < -0.3 is 9.47 Å². The fourth-order valence-corrected chi connectivity index (χ4v) is 3.41. The molecule has 142 valence electrons. The van der Waals surface area contributed by atoms with Crippen LogP contribution in [0.1, 0.15) is 21.6 Å². The summed E-state index contributed by atoms with van der Waals surface area (Å²) >= 11 is 0. The minimum absolute atomic E-state index is 0.0167. The van der Waals surface area contributed by atoms with Crippen LogP contribution in [-0.4, -0.2) is 49.2 Å². The summed E-state index contributed by atoms with van der Waals surface area (Å²) in [4.78, 5) is 14.5. The summed E-state index contributed by atoms with van der Waals surface area (Å²) in [5, 5.41) is 12.3. The van der Waals surface area contributed by atoms with Crippen LogP contribution in [0.2, 0.25) is 0 Å². The third-order valence-corrected chi connectivity index (χ3v) is 4.96. The number of para-hydroxylation sites is 1. The van der Waals surface area contributed by atoms with Crippen LogP contribution in [0.3, 0.4) is 0 Å². The van der Waals surface area contributed by atoms with Gasteiger partial charge in [0.1, 0.15) is 6.33 Å². The number of hydrogen-bond donors (Lipinski definition) is 0. The number of tetrazole rings is 1. The Morgan fingerprint density at radius 1 is 1.11 bits per heavy atom. The van der Waals surface area contributed by atoms with E-state index in [1.807, 2.05) is 43.4 Å². The van der Waals surface area contributed by atoms with E-state index >= 15 is 0 Å². The quantitative estimate of drug-likeness (QED) is 0.520. The van der Waals surface area contributed by atoms with Gasteiger partial charge in [-0.1, -0.05) is 30.3 Å². The second-order valence-electron chi connectivity index (χ2n) is 6.93. The summed E-state index contributed by atoms with van der Waals surface area (Å²) in [5.74, 6) is 0.0167. The Balaban J connectivity index is 1.41. The fourth-order valence-electron chi connectivity index (χ4n) is 3.41. The van der Waals surface area contributed by atoms with Crippen LogP contribution in [-0.2, 0) is 13.1 Å². The first-order valence-electron chi connectivity index (χ1n) is 9.22. The number of rotatable bonds is 6. The topological polar surface area (TPSA) is 68.8 Å². The summed E-state index contributed by atoms with van der Waals surface area (Å²) in [6.45, 7) is 4.09. The molecule has 0 aliphatic heterocycles. The molecule has 0 aliphatic carbocycles. The van der Waals surface area contributed by atoms with Crippen molar-refractivity contribution in [3.8, 4) is 0 Å². The molecule has 0 radical (unpaired) electrons. The molecule has 0 aliphatic rings. The molecule has 7 heteroatoms. The lowest BCUT2D eigenvalue weighted by Gasteiger charge is -2.19. The third-order valence-electron chi connectivity index (χ3n) is 4.96. The minimum Gasteiger partial charge on any atom is -0.343 e. The van der Waals surface area contributed by atoms with Crippen molar-refractivity contribution in [3.63, 3.8) is 0 Å². The predicted octanol–water partition coefficient (Wildman–Crippen LogP) is 2.76. The maximum absolute atomic E-state index is 12.8. The largest absolute Gasteiger partial charge is 0.343 e. The highest BCUT2D eigenvalue weighted by atomic mass is 16.2. The second-order valence-corrected chi connectivity index (χ2v) is 6.93. The predicted molar refractivity (Wildman–Crippen MR) is 107 cm³/mol. The molecule has 1 amide bonds. The van der Waals surface area contributed by atoms with Gasteiger partial charge in [-0.15, -0.1) is 5.10 Å². The van der Waals surface area contributed by atoms with E-state index in [0.29, 0.717) is 18.7 Å². The maximum Gasteiger partial charge on any atom is 0.253 e. The van der Waals surface area contributed by atoms with Gasteiger partial charge in [-0.25, -0.2) is 4.68 Å². The highest BCUT2D eigenvalue weighted by Crippen LogP contribution is 2.19. The standard InChI is InChI=1S/C21H22N6O/c1-16-13-19-5-3-4-6-20(19)27(16)12-11-25(2)21(28)18-9-7-17(8-10-18)14-26-15-22-23-24-26/h3-10,13,15H,11-12,14H2,1-2H3. The first-order chi connectivity index (χ1) is 13.6. The molecular weight excluding hydrogens is 352 g/mol. The van der Waals surface area contributed by atoms with Crippen molar-refractivity contribution in [1.29, 1.82) is 0 Å². The Bertz CT molecular complexity index is 1080. The number of benzene rings is 2. The molecule has 0 saturated carbocycles. The third kappa shape index (κ3) is 3.64. The van der Waals surface area contributed by atoms with E-state index in [0.717, 1.165) is 12.1 Å². The number of amides is 1. The SMILES string of the molecule is Cc1cc2ccccc2n1CCN(C)C(=O)c1ccc(Cn2cnnn2)cc1. The summed E-state index contributed by atoms with van der Waals surface area (Å²) in [6.07, 6.45) is 1.57. The van der Waals surface area contributed by atoms with Crippen molar-refractivity contribution in [2.45, 2.75) is 20.0 Å². The highest BCUT2D eigenvalue weighted by molar-refractivity contribution is 5.94. The van der Waals surface area contributed by atoms with Crippen LogP contribution >= 0.6 is 0 Å². The van der Waals surface area contributed by atoms with Crippen LogP contribution in [0.15, 0.2) is 60.9 Å². The molecule has 0 saturated heterocycles. The Morgan fingerprint density at radius 3 is 2.64 bits per heavy atom. The summed E-state index contributed by atoms with van der Waals surface area (Å²) in [5.41, 5.74) is 4.12. The number of hydrogen-bond acceptors (Lipinski definition) is 4. The van der Waals surface area contributed by atoms with Crippen LogP contribution in [0, 0.1) is 6.92 Å². The average Bonchev–Trinajstić information content (AvgIpc) is 3.33. The molecule has 4 rings (SSSR count). The number of likely N-dealkylation sites (N-methyl/N-ethyl adjacent to an activating group) is 1. The molecule has 0 fully saturated rings. The number of aryl methyl sites for hydroxylation is 1. The fraction of sp³-hybridized carbons (Fsp3) is 0.238. The summed E-state index contributed by atoms with van der Waals surface area (Å²) < 4.78 is 3.90. The van der Waals surface area contributed by atoms with E-state index in [1.54, 1.807) is 15.9 Å². The van der Waals surface area contributed by atoms with Crippen LogP contribution in [0.5, 0.6) is 0 Å². The molecule has 0 atom stereocenters. The number of aromatic nitrogens is 5. The number of carbonyl (C=O) groups is 1. The van der Waals surface area contributed by atoms with E-state index in [4.69, 9.17) is 0 Å². The molecule has 2 aromatic carbocycles. The van der Waals surface area contributed by atoms with Crippen molar-refractivity contribution >= 4 is 16.8 Å². The molecule has 28 heavy (non-hydrogen) atoms. The van der Waals surface area contributed by atoms with Gasteiger partial charge in [0.15, 0.2) is 0 Å². The van der Waals surface area contributed by atoms with Crippen LogP contribution in [0.25, 0.3) is 10.9 Å². The Kier molecular flexibility index (Phi) is 4.89. The van der Waals surface area contributed by atoms with Crippen LogP contribution in [0.4, 0.5) is 0 Å². The first kappa shape index (κ1) is 17.9. The molecule has 0 unspecified atom stereocenters. The molecule has 0 spiro atoms. The van der Waals surface area contributed by atoms with Gasteiger partial charge in [-0.3, -0.25) is 4.79 Å². The molecule has 2 aromatic heterocycles. The van der Waals surface area contributed by atoms with Crippen molar-refractivity contribution in [1.82, 2.24) is 29.7 Å². The molecule has 4 aromatic rings. The van der Waals surface area contributed by atoms with Crippen LogP contribution < -0.4 is 0 Å². The van der Waals surface area contributed by atoms with Crippen molar-refractivity contribution < 1.29 is 4.79 Å². The summed E-state index contributed by atoms with van der Waals surface area (Å²) in [6, 6.07) is 18.1. The van der Waals surface area contributed by atoms with E-state index in [-0.39, 0.29) is 5.91 Å². The first-order valence-corrected chi connectivity index (χ1v) is 9.22. The zero-order valence-electron chi connectivity index (χ0n) is 16.0. The Labute approximate surface area is 163 Å². The lowest BCUT2D eigenvalue weighted by Crippen LogP contribution is -2.30. The van der Waals surface area contributed by atoms with Gasteiger partial charge in [-0.2, -0.15) is 0 Å². The Hall–Kier alpha value is -3.48. The van der Waals surface area contributed by atoms with E-state index < -0.39 is 0 Å². The smallest absolute Gasteiger partial charge is 0.253 e. The summed E-state index contributed by atoms with van der Waals surface area (Å²) in [7, 11) is 1.85.